The highest BCUT2D eigenvalue weighted by molar-refractivity contribution is 7.89. The number of rotatable bonds is 7. The Morgan fingerprint density at radius 2 is 1.65 bits per heavy atom. The highest BCUT2D eigenvalue weighted by Crippen LogP contribution is 2.18. The summed E-state index contributed by atoms with van der Waals surface area (Å²) >= 11 is 0. The highest BCUT2D eigenvalue weighted by Gasteiger charge is 2.29. The van der Waals surface area contributed by atoms with Crippen LogP contribution in [0.25, 0.3) is 0 Å². The Kier molecular flexibility index (Phi) is 7.77. The van der Waals surface area contributed by atoms with Crippen molar-refractivity contribution in [3.63, 3.8) is 0 Å². The Hall–Kier alpha value is -1.93. The summed E-state index contributed by atoms with van der Waals surface area (Å²) in [6, 6.07) is 15.5. The molecule has 2 rings (SSSR count). The predicted molar refractivity (Wildman–Crippen MR) is 104 cm³/mol. The lowest BCUT2D eigenvalue weighted by Gasteiger charge is -2.24. The molecule has 26 heavy (non-hydrogen) atoms. The smallest absolute Gasteiger partial charge is 0.244 e. The number of benzene rings is 2. The van der Waals surface area contributed by atoms with Gasteiger partial charge in [-0.1, -0.05) is 49.4 Å². The fraction of sp³-hybridized carbons (Fsp3) is 0.278. The van der Waals surface area contributed by atoms with Gasteiger partial charge < -0.3 is 11.1 Å². The van der Waals surface area contributed by atoms with Crippen LogP contribution < -0.4 is 15.8 Å². The van der Waals surface area contributed by atoms with Crippen LogP contribution in [0.4, 0.5) is 0 Å². The standard InChI is InChI=1S/C18H23N3O3S.ClH/c1-3-21-25(23,24)16-11-9-14(10-12-16)13-20-17(22)18(2,19)15-7-5-4-6-8-15;/h4-12,21H,3,13,19H2,1-2H3,(H,20,22);1H. The SMILES string of the molecule is CCNS(=O)(=O)c1ccc(CNC(=O)C(C)(N)c2ccccc2)cc1.Cl. The van der Waals surface area contributed by atoms with Gasteiger partial charge in [0.05, 0.1) is 4.90 Å². The van der Waals surface area contributed by atoms with Gasteiger partial charge in [-0.25, -0.2) is 13.1 Å². The summed E-state index contributed by atoms with van der Waals surface area (Å²) in [4.78, 5) is 12.6. The third-order valence-electron chi connectivity index (χ3n) is 3.87. The third kappa shape index (κ3) is 5.28. The van der Waals surface area contributed by atoms with Gasteiger partial charge in [-0.2, -0.15) is 0 Å². The molecule has 0 aliphatic rings. The summed E-state index contributed by atoms with van der Waals surface area (Å²) in [5.41, 5.74) is 6.52. The van der Waals surface area contributed by atoms with Crippen molar-refractivity contribution in [2.24, 2.45) is 5.73 Å². The topological polar surface area (TPSA) is 101 Å². The summed E-state index contributed by atoms with van der Waals surface area (Å²) in [6.07, 6.45) is 0. The van der Waals surface area contributed by atoms with Crippen LogP contribution in [-0.2, 0) is 26.9 Å². The maximum Gasteiger partial charge on any atom is 0.244 e. The average molecular weight is 398 g/mol. The lowest BCUT2D eigenvalue weighted by molar-refractivity contribution is -0.126. The highest BCUT2D eigenvalue weighted by atomic mass is 35.5. The molecule has 0 fully saturated rings. The molecule has 2 aromatic rings. The fourth-order valence-corrected chi connectivity index (χ4v) is 3.38. The predicted octanol–water partition coefficient (Wildman–Crippen LogP) is 1.90. The first-order valence-corrected chi connectivity index (χ1v) is 9.47. The zero-order valence-corrected chi connectivity index (χ0v) is 16.4. The minimum absolute atomic E-state index is 0. The maximum atomic E-state index is 12.4. The second-order valence-corrected chi connectivity index (χ2v) is 7.66. The monoisotopic (exact) mass is 397 g/mol. The van der Waals surface area contributed by atoms with Gasteiger partial charge in [0.1, 0.15) is 5.54 Å². The molecular weight excluding hydrogens is 374 g/mol. The summed E-state index contributed by atoms with van der Waals surface area (Å²) in [7, 11) is -3.47. The van der Waals surface area contributed by atoms with Gasteiger partial charge in [0, 0.05) is 13.1 Å². The zero-order valence-electron chi connectivity index (χ0n) is 14.7. The number of nitrogens with two attached hydrogens (primary N) is 1. The fourth-order valence-electron chi connectivity index (χ4n) is 2.34. The van der Waals surface area contributed by atoms with E-state index in [-0.39, 0.29) is 29.8 Å². The van der Waals surface area contributed by atoms with Crippen molar-refractivity contribution in [1.29, 1.82) is 0 Å². The Bertz CT molecular complexity index is 823. The van der Waals surface area contributed by atoms with Crippen molar-refractivity contribution >= 4 is 28.3 Å². The van der Waals surface area contributed by atoms with Crippen LogP contribution in [-0.4, -0.2) is 20.9 Å². The molecule has 0 heterocycles. The van der Waals surface area contributed by atoms with E-state index in [9.17, 15) is 13.2 Å². The molecule has 0 bridgehead atoms. The molecule has 0 saturated carbocycles. The van der Waals surface area contributed by atoms with Gasteiger partial charge in [-0.15, -0.1) is 12.4 Å². The number of amides is 1. The molecule has 0 spiro atoms. The number of carbonyl (C=O) groups excluding carboxylic acids is 1. The number of sulfonamides is 1. The van der Waals surface area contributed by atoms with Gasteiger partial charge in [-0.05, 0) is 30.2 Å². The van der Waals surface area contributed by atoms with E-state index in [1.807, 2.05) is 18.2 Å². The number of nitrogens with one attached hydrogen (secondary N) is 2. The van der Waals surface area contributed by atoms with Gasteiger partial charge in [0.25, 0.3) is 0 Å². The lowest BCUT2D eigenvalue weighted by atomic mass is 9.92. The maximum absolute atomic E-state index is 12.4. The van der Waals surface area contributed by atoms with Crippen molar-refractivity contribution in [2.75, 3.05) is 6.54 Å². The van der Waals surface area contributed by atoms with Crippen molar-refractivity contribution in [3.05, 3.63) is 65.7 Å². The molecule has 4 N–H and O–H groups in total. The molecule has 0 aliphatic carbocycles. The molecule has 0 aromatic heterocycles. The van der Waals surface area contributed by atoms with Gasteiger partial charge in [-0.3, -0.25) is 4.79 Å². The number of halogens is 1. The Labute approximate surface area is 160 Å². The summed E-state index contributed by atoms with van der Waals surface area (Å²) in [6.45, 7) is 3.97. The first kappa shape index (κ1) is 22.1. The summed E-state index contributed by atoms with van der Waals surface area (Å²) in [5.74, 6) is -0.303. The molecule has 1 atom stereocenters. The number of hydrogen-bond acceptors (Lipinski definition) is 4. The van der Waals surface area contributed by atoms with Crippen LogP contribution >= 0.6 is 12.4 Å². The van der Waals surface area contributed by atoms with Crippen LogP contribution in [0.15, 0.2) is 59.5 Å². The van der Waals surface area contributed by atoms with E-state index in [0.29, 0.717) is 6.54 Å². The van der Waals surface area contributed by atoms with Crippen molar-refractivity contribution in [1.82, 2.24) is 10.0 Å². The summed E-state index contributed by atoms with van der Waals surface area (Å²) < 4.78 is 26.2. The van der Waals surface area contributed by atoms with E-state index < -0.39 is 15.6 Å². The van der Waals surface area contributed by atoms with Crippen molar-refractivity contribution in [3.8, 4) is 0 Å². The van der Waals surface area contributed by atoms with E-state index in [2.05, 4.69) is 10.0 Å². The largest absolute Gasteiger partial charge is 0.350 e. The van der Waals surface area contributed by atoms with Crippen LogP contribution in [0.1, 0.15) is 25.0 Å². The van der Waals surface area contributed by atoms with Gasteiger partial charge in [0.2, 0.25) is 15.9 Å². The van der Waals surface area contributed by atoms with E-state index >= 15 is 0 Å². The van der Waals surface area contributed by atoms with Crippen LogP contribution in [0.2, 0.25) is 0 Å². The molecule has 8 heteroatoms. The van der Waals surface area contributed by atoms with Crippen LogP contribution in [0.5, 0.6) is 0 Å². The van der Waals surface area contributed by atoms with Crippen molar-refractivity contribution < 1.29 is 13.2 Å². The summed E-state index contributed by atoms with van der Waals surface area (Å²) in [5, 5.41) is 2.79. The molecule has 6 nitrogen and oxygen atoms in total. The Morgan fingerprint density at radius 1 is 1.08 bits per heavy atom. The third-order valence-corrected chi connectivity index (χ3v) is 5.43. The second kappa shape index (κ2) is 9.14. The van der Waals surface area contributed by atoms with E-state index in [1.165, 1.54) is 12.1 Å². The molecule has 142 valence electrons. The normalized spacial score (nSPS) is 13.3. The quantitative estimate of drug-likeness (QED) is 0.664. The van der Waals surface area contributed by atoms with Gasteiger partial charge in [0.15, 0.2) is 0 Å². The minimum atomic E-state index is -3.47. The molecule has 0 radical (unpaired) electrons. The molecule has 1 amide bonds. The minimum Gasteiger partial charge on any atom is -0.350 e. The van der Waals surface area contributed by atoms with Crippen LogP contribution in [0, 0.1) is 0 Å². The number of carbonyl (C=O) groups is 1. The van der Waals surface area contributed by atoms with E-state index in [4.69, 9.17) is 5.73 Å². The van der Waals surface area contributed by atoms with Crippen LogP contribution in [0.3, 0.4) is 0 Å². The molecule has 0 saturated heterocycles. The molecular formula is C18H24ClN3O3S. The molecule has 2 aromatic carbocycles. The Morgan fingerprint density at radius 3 is 2.19 bits per heavy atom. The van der Waals surface area contributed by atoms with E-state index in [0.717, 1.165) is 11.1 Å². The second-order valence-electron chi connectivity index (χ2n) is 5.90. The Balaban J connectivity index is 0.00000338. The van der Waals surface area contributed by atoms with E-state index in [1.54, 1.807) is 38.1 Å². The number of hydrogen-bond donors (Lipinski definition) is 3. The molecule has 1 unspecified atom stereocenters. The first-order chi connectivity index (χ1) is 11.8. The average Bonchev–Trinajstić information content (AvgIpc) is 2.60. The zero-order chi connectivity index (χ0) is 18.5. The first-order valence-electron chi connectivity index (χ1n) is 7.98. The molecule has 0 aliphatic heterocycles. The lowest BCUT2D eigenvalue weighted by Crippen LogP contribution is -2.48. The van der Waals surface area contributed by atoms with Gasteiger partial charge >= 0.3 is 0 Å². The van der Waals surface area contributed by atoms with Crippen molar-refractivity contribution in [2.45, 2.75) is 30.8 Å².